The molecule has 1 aliphatic heterocycles. The number of likely N-dealkylation sites (N-methyl/N-ethyl adjacent to an activating group) is 1. The molecule has 1 aromatic heterocycles. The van der Waals surface area contributed by atoms with Crippen LogP contribution in [0.5, 0.6) is 5.75 Å². The quantitative estimate of drug-likeness (QED) is 0.844. The Bertz CT molecular complexity index is 604. The van der Waals surface area contributed by atoms with E-state index in [-0.39, 0.29) is 6.10 Å². The van der Waals surface area contributed by atoms with Gasteiger partial charge >= 0.3 is 0 Å². The van der Waals surface area contributed by atoms with E-state index >= 15 is 0 Å². The Balaban J connectivity index is 1.39. The molecule has 128 valence electrons. The molecule has 0 saturated carbocycles. The fourth-order valence-electron chi connectivity index (χ4n) is 2.72. The SMILES string of the molecule is CN1CCO[C@H](CNCc2ccc(OCc3ccncc3)cc2)C1. The summed E-state index contributed by atoms with van der Waals surface area (Å²) in [7, 11) is 2.14. The van der Waals surface area contributed by atoms with E-state index in [9.17, 15) is 0 Å². The Hall–Kier alpha value is -1.95. The molecule has 1 fully saturated rings. The van der Waals surface area contributed by atoms with Crippen molar-refractivity contribution in [3.63, 3.8) is 0 Å². The Labute approximate surface area is 143 Å². The summed E-state index contributed by atoms with van der Waals surface area (Å²) in [5, 5.41) is 3.47. The minimum absolute atomic E-state index is 0.284. The van der Waals surface area contributed by atoms with Gasteiger partial charge in [0.05, 0.1) is 12.7 Å². The highest BCUT2D eigenvalue weighted by molar-refractivity contribution is 5.27. The maximum atomic E-state index is 5.78. The number of nitrogens with one attached hydrogen (secondary N) is 1. The van der Waals surface area contributed by atoms with Crippen LogP contribution in [0, 0.1) is 0 Å². The molecular weight excluding hydrogens is 302 g/mol. The molecule has 0 radical (unpaired) electrons. The zero-order valence-electron chi connectivity index (χ0n) is 14.1. The van der Waals surface area contributed by atoms with Gasteiger partial charge in [0.15, 0.2) is 0 Å². The van der Waals surface area contributed by atoms with Gasteiger partial charge in [-0.15, -0.1) is 0 Å². The normalized spacial score (nSPS) is 18.5. The highest BCUT2D eigenvalue weighted by Gasteiger charge is 2.16. The van der Waals surface area contributed by atoms with Gasteiger partial charge in [-0.05, 0) is 42.4 Å². The fourth-order valence-corrected chi connectivity index (χ4v) is 2.72. The van der Waals surface area contributed by atoms with Crippen molar-refractivity contribution in [1.29, 1.82) is 0 Å². The van der Waals surface area contributed by atoms with Crippen LogP contribution in [0.2, 0.25) is 0 Å². The molecule has 5 heteroatoms. The average molecular weight is 327 g/mol. The molecule has 1 aromatic carbocycles. The minimum atomic E-state index is 0.284. The highest BCUT2D eigenvalue weighted by Crippen LogP contribution is 2.14. The predicted molar refractivity (Wildman–Crippen MR) is 94.0 cm³/mol. The van der Waals surface area contributed by atoms with Crippen molar-refractivity contribution in [3.8, 4) is 5.75 Å². The lowest BCUT2D eigenvalue weighted by molar-refractivity contribution is -0.0182. The van der Waals surface area contributed by atoms with Crippen molar-refractivity contribution in [2.75, 3.05) is 33.3 Å². The van der Waals surface area contributed by atoms with Gasteiger partial charge < -0.3 is 19.7 Å². The topological polar surface area (TPSA) is 46.6 Å². The molecule has 0 unspecified atom stereocenters. The summed E-state index contributed by atoms with van der Waals surface area (Å²) in [4.78, 5) is 6.31. The largest absolute Gasteiger partial charge is 0.489 e. The number of pyridine rings is 1. The van der Waals surface area contributed by atoms with E-state index in [4.69, 9.17) is 9.47 Å². The van der Waals surface area contributed by atoms with Crippen LogP contribution in [0.3, 0.4) is 0 Å². The Kier molecular flexibility index (Phi) is 6.18. The third-order valence-electron chi connectivity index (χ3n) is 4.12. The number of morpholine rings is 1. The average Bonchev–Trinajstić information content (AvgIpc) is 2.62. The number of hydrogen-bond acceptors (Lipinski definition) is 5. The minimum Gasteiger partial charge on any atom is -0.489 e. The molecule has 1 N–H and O–H groups in total. The molecule has 3 rings (SSSR count). The highest BCUT2D eigenvalue weighted by atomic mass is 16.5. The Morgan fingerprint density at radius 1 is 1.17 bits per heavy atom. The number of hydrogen-bond donors (Lipinski definition) is 1. The number of aromatic nitrogens is 1. The lowest BCUT2D eigenvalue weighted by Gasteiger charge is -2.30. The molecule has 1 atom stereocenters. The molecule has 0 spiro atoms. The summed E-state index contributed by atoms with van der Waals surface area (Å²) in [6.07, 6.45) is 3.84. The first-order chi connectivity index (χ1) is 11.8. The van der Waals surface area contributed by atoms with Gasteiger partial charge in [0, 0.05) is 38.6 Å². The van der Waals surface area contributed by atoms with Gasteiger partial charge in [-0.25, -0.2) is 0 Å². The van der Waals surface area contributed by atoms with E-state index in [1.54, 1.807) is 12.4 Å². The zero-order chi connectivity index (χ0) is 16.6. The van der Waals surface area contributed by atoms with Crippen LogP contribution in [0.15, 0.2) is 48.8 Å². The number of benzene rings is 1. The van der Waals surface area contributed by atoms with E-state index < -0.39 is 0 Å². The van der Waals surface area contributed by atoms with Gasteiger partial charge in [-0.3, -0.25) is 4.98 Å². The fraction of sp³-hybridized carbons (Fsp3) is 0.421. The van der Waals surface area contributed by atoms with Gasteiger partial charge in [0.2, 0.25) is 0 Å². The maximum Gasteiger partial charge on any atom is 0.119 e. The second-order valence-electron chi connectivity index (χ2n) is 6.17. The molecule has 0 bridgehead atoms. The molecule has 2 heterocycles. The Morgan fingerprint density at radius 3 is 2.71 bits per heavy atom. The van der Waals surface area contributed by atoms with Crippen molar-refractivity contribution >= 4 is 0 Å². The maximum absolute atomic E-state index is 5.78. The van der Waals surface area contributed by atoms with Crippen LogP contribution in [0.1, 0.15) is 11.1 Å². The standard InChI is InChI=1S/C19H25N3O2/c1-22-10-11-23-19(14-22)13-21-12-16-2-4-18(5-3-16)24-15-17-6-8-20-9-7-17/h2-9,19,21H,10-15H2,1H3/t19-/m1/s1. The van der Waals surface area contributed by atoms with E-state index in [1.165, 1.54) is 5.56 Å². The number of nitrogens with zero attached hydrogens (tertiary/aromatic N) is 2. The van der Waals surface area contributed by atoms with Crippen molar-refractivity contribution in [3.05, 3.63) is 59.9 Å². The van der Waals surface area contributed by atoms with Gasteiger partial charge in [0.25, 0.3) is 0 Å². The van der Waals surface area contributed by atoms with Gasteiger partial charge in [-0.1, -0.05) is 12.1 Å². The smallest absolute Gasteiger partial charge is 0.119 e. The summed E-state index contributed by atoms with van der Waals surface area (Å²) in [6, 6.07) is 12.2. The monoisotopic (exact) mass is 327 g/mol. The molecule has 24 heavy (non-hydrogen) atoms. The molecular formula is C19H25N3O2. The predicted octanol–water partition coefficient (Wildman–Crippen LogP) is 2.08. The Morgan fingerprint density at radius 2 is 1.96 bits per heavy atom. The van der Waals surface area contributed by atoms with Crippen molar-refractivity contribution in [2.24, 2.45) is 0 Å². The third kappa shape index (κ3) is 5.30. The van der Waals surface area contributed by atoms with E-state index in [0.717, 1.165) is 44.1 Å². The second kappa shape index (κ2) is 8.78. The van der Waals surface area contributed by atoms with Gasteiger partial charge in [0.1, 0.15) is 12.4 Å². The van der Waals surface area contributed by atoms with Crippen molar-refractivity contribution in [1.82, 2.24) is 15.2 Å². The summed E-state index contributed by atoms with van der Waals surface area (Å²) < 4.78 is 11.5. The van der Waals surface area contributed by atoms with E-state index in [1.807, 2.05) is 24.3 Å². The first-order valence-electron chi connectivity index (χ1n) is 8.41. The third-order valence-corrected chi connectivity index (χ3v) is 4.12. The van der Waals surface area contributed by atoms with Crippen LogP contribution in [0.25, 0.3) is 0 Å². The van der Waals surface area contributed by atoms with Gasteiger partial charge in [-0.2, -0.15) is 0 Å². The molecule has 0 aliphatic carbocycles. The van der Waals surface area contributed by atoms with Crippen LogP contribution < -0.4 is 10.1 Å². The summed E-state index contributed by atoms with van der Waals surface area (Å²) >= 11 is 0. The first-order valence-corrected chi connectivity index (χ1v) is 8.41. The molecule has 1 aliphatic rings. The first kappa shape index (κ1) is 16.9. The van der Waals surface area contributed by atoms with Crippen LogP contribution in [-0.2, 0) is 17.9 Å². The number of ether oxygens (including phenoxy) is 2. The number of rotatable bonds is 7. The van der Waals surface area contributed by atoms with Crippen molar-refractivity contribution in [2.45, 2.75) is 19.3 Å². The van der Waals surface area contributed by atoms with Crippen LogP contribution in [0.4, 0.5) is 0 Å². The van der Waals surface area contributed by atoms with Crippen LogP contribution in [-0.4, -0.2) is 49.3 Å². The summed E-state index contributed by atoms with van der Waals surface area (Å²) in [6.45, 7) is 5.13. The second-order valence-corrected chi connectivity index (χ2v) is 6.17. The zero-order valence-corrected chi connectivity index (χ0v) is 14.1. The molecule has 0 amide bonds. The van der Waals surface area contributed by atoms with Crippen molar-refractivity contribution < 1.29 is 9.47 Å². The molecule has 2 aromatic rings. The molecule has 1 saturated heterocycles. The van der Waals surface area contributed by atoms with Crippen LogP contribution >= 0.6 is 0 Å². The summed E-state index contributed by atoms with van der Waals surface area (Å²) in [5.41, 5.74) is 2.36. The summed E-state index contributed by atoms with van der Waals surface area (Å²) in [5.74, 6) is 0.882. The van der Waals surface area contributed by atoms with E-state index in [2.05, 4.69) is 34.4 Å². The van der Waals surface area contributed by atoms with E-state index in [0.29, 0.717) is 6.61 Å². The molecule has 5 nitrogen and oxygen atoms in total. The lowest BCUT2D eigenvalue weighted by Crippen LogP contribution is -2.44. The lowest BCUT2D eigenvalue weighted by atomic mass is 10.2.